The maximum atomic E-state index is 3.64. The molecule has 2 aromatic rings. The number of thiophene rings is 1. The van der Waals surface area contributed by atoms with Gasteiger partial charge in [0, 0.05) is 23.2 Å². The van der Waals surface area contributed by atoms with E-state index >= 15 is 0 Å². The predicted molar refractivity (Wildman–Crippen MR) is 89.1 cm³/mol. The minimum atomic E-state index is 0.622. The summed E-state index contributed by atoms with van der Waals surface area (Å²) >= 11 is 3.76. The highest BCUT2D eigenvalue weighted by Gasteiger charge is 2.06. The summed E-state index contributed by atoms with van der Waals surface area (Å²) in [6.07, 6.45) is 3.36. The molecular weight excluding hydrogens is 270 g/mol. The normalized spacial score (nSPS) is 12.5. The lowest BCUT2D eigenvalue weighted by Crippen LogP contribution is -2.29. The van der Waals surface area contributed by atoms with Crippen molar-refractivity contribution in [1.82, 2.24) is 5.32 Å². The van der Waals surface area contributed by atoms with Crippen molar-refractivity contribution in [3.05, 3.63) is 46.7 Å². The zero-order chi connectivity index (χ0) is 13.5. The molecule has 1 aromatic carbocycles. The third-order valence-corrected chi connectivity index (χ3v) is 4.86. The first-order chi connectivity index (χ1) is 9.33. The highest BCUT2D eigenvalue weighted by atomic mass is 32.2. The molecule has 1 nitrogen and oxygen atoms in total. The van der Waals surface area contributed by atoms with Crippen LogP contribution in [0.3, 0.4) is 0 Å². The minimum absolute atomic E-state index is 0.622. The summed E-state index contributed by atoms with van der Waals surface area (Å²) in [5, 5.41) is 5.89. The van der Waals surface area contributed by atoms with Gasteiger partial charge >= 0.3 is 0 Å². The van der Waals surface area contributed by atoms with Crippen LogP contribution in [-0.4, -0.2) is 18.1 Å². The van der Waals surface area contributed by atoms with Gasteiger partial charge in [0.1, 0.15) is 0 Å². The fourth-order valence-corrected chi connectivity index (χ4v) is 3.62. The standard InChI is InChI=1S/C16H21NS2/c1-3-15(12-18-2)17-10-16-9-14(11-19-16)13-7-5-4-6-8-13/h4-9,11,15,17H,3,10,12H2,1-2H3. The minimum Gasteiger partial charge on any atom is -0.308 e. The van der Waals surface area contributed by atoms with Crippen molar-refractivity contribution in [2.75, 3.05) is 12.0 Å². The molecule has 19 heavy (non-hydrogen) atoms. The lowest BCUT2D eigenvalue weighted by molar-refractivity contribution is 0.544. The monoisotopic (exact) mass is 291 g/mol. The maximum Gasteiger partial charge on any atom is 0.0302 e. The van der Waals surface area contributed by atoms with Crippen LogP contribution in [0, 0.1) is 0 Å². The number of hydrogen-bond donors (Lipinski definition) is 1. The van der Waals surface area contributed by atoms with E-state index in [4.69, 9.17) is 0 Å². The zero-order valence-corrected chi connectivity index (χ0v) is 13.2. The van der Waals surface area contributed by atoms with E-state index in [0.29, 0.717) is 6.04 Å². The molecule has 0 saturated heterocycles. The van der Waals surface area contributed by atoms with E-state index in [1.807, 2.05) is 23.1 Å². The van der Waals surface area contributed by atoms with Gasteiger partial charge < -0.3 is 5.32 Å². The van der Waals surface area contributed by atoms with Crippen LogP contribution in [0.15, 0.2) is 41.8 Å². The first kappa shape index (κ1) is 14.6. The summed E-state index contributed by atoms with van der Waals surface area (Å²) in [6, 6.07) is 13.5. The Balaban J connectivity index is 1.94. The molecule has 102 valence electrons. The van der Waals surface area contributed by atoms with E-state index in [1.165, 1.54) is 28.2 Å². The van der Waals surface area contributed by atoms with E-state index in [-0.39, 0.29) is 0 Å². The van der Waals surface area contributed by atoms with E-state index in [0.717, 1.165) is 6.54 Å². The summed E-state index contributed by atoms with van der Waals surface area (Å²) < 4.78 is 0. The molecular formula is C16H21NS2. The molecule has 0 radical (unpaired) electrons. The van der Waals surface area contributed by atoms with Gasteiger partial charge in [0.05, 0.1) is 0 Å². The third-order valence-electron chi connectivity index (χ3n) is 3.19. The molecule has 0 spiro atoms. The Labute approximate surface area is 124 Å². The summed E-state index contributed by atoms with van der Waals surface area (Å²) in [7, 11) is 0. The molecule has 1 atom stereocenters. The summed E-state index contributed by atoms with van der Waals surface area (Å²) in [5.41, 5.74) is 2.64. The third kappa shape index (κ3) is 4.37. The van der Waals surface area contributed by atoms with Crippen LogP contribution in [0.25, 0.3) is 11.1 Å². The van der Waals surface area contributed by atoms with Gasteiger partial charge in [-0.2, -0.15) is 11.8 Å². The Bertz CT molecular complexity index is 479. The highest BCUT2D eigenvalue weighted by Crippen LogP contribution is 2.25. The van der Waals surface area contributed by atoms with E-state index in [9.17, 15) is 0 Å². The molecule has 0 bridgehead atoms. The van der Waals surface area contributed by atoms with Crippen LogP contribution in [0.5, 0.6) is 0 Å². The number of hydrogen-bond acceptors (Lipinski definition) is 3. The second-order valence-corrected chi connectivity index (χ2v) is 6.52. The van der Waals surface area contributed by atoms with Gasteiger partial charge in [0.2, 0.25) is 0 Å². The number of nitrogens with one attached hydrogen (secondary N) is 1. The van der Waals surface area contributed by atoms with Crippen LogP contribution in [0.2, 0.25) is 0 Å². The SMILES string of the molecule is CCC(CSC)NCc1cc(-c2ccccc2)cs1. The molecule has 1 heterocycles. The lowest BCUT2D eigenvalue weighted by Gasteiger charge is -2.14. The lowest BCUT2D eigenvalue weighted by atomic mass is 10.1. The summed E-state index contributed by atoms with van der Waals surface area (Å²) in [6.45, 7) is 3.23. The van der Waals surface area contributed by atoms with Crippen LogP contribution < -0.4 is 5.32 Å². The second kappa shape index (κ2) is 7.73. The van der Waals surface area contributed by atoms with Crippen molar-refractivity contribution in [3.8, 4) is 11.1 Å². The molecule has 0 aliphatic carbocycles. The first-order valence-electron chi connectivity index (χ1n) is 6.68. The van der Waals surface area contributed by atoms with E-state index < -0.39 is 0 Å². The molecule has 1 unspecified atom stereocenters. The van der Waals surface area contributed by atoms with Crippen molar-refractivity contribution in [1.29, 1.82) is 0 Å². The van der Waals surface area contributed by atoms with Crippen molar-refractivity contribution >= 4 is 23.1 Å². The van der Waals surface area contributed by atoms with Crippen LogP contribution in [0.1, 0.15) is 18.2 Å². The number of rotatable bonds is 7. The van der Waals surface area contributed by atoms with Gasteiger partial charge in [-0.25, -0.2) is 0 Å². The fraction of sp³-hybridized carbons (Fsp3) is 0.375. The Morgan fingerprint density at radius 2 is 2.00 bits per heavy atom. The molecule has 0 aliphatic rings. The largest absolute Gasteiger partial charge is 0.308 e. The maximum absolute atomic E-state index is 3.64. The van der Waals surface area contributed by atoms with Gasteiger partial charge in [-0.05, 0) is 35.2 Å². The van der Waals surface area contributed by atoms with Crippen molar-refractivity contribution in [3.63, 3.8) is 0 Å². The Morgan fingerprint density at radius 1 is 1.21 bits per heavy atom. The predicted octanol–water partition coefficient (Wildman–Crippen LogP) is 4.65. The quantitative estimate of drug-likeness (QED) is 0.797. The number of benzene rings is 1. The van der Waals surface area contributed by atoms with E-state index in [2.05, 4.69) is 60.3 Å². The van der Waals surface area contributed by atoms with Crippen molar-refractivity contribution in [2.24, 2.45) is 0 Å². The number of thioether (sulfide) groups is 1. The average molecular weight is 291 g/mol. The topological polar surface area (TPSA) is 12.0 Å². The van der Waals surface area contributed by atoms with Crippen LogP contribution in [0.4, 0.5) is 0 Å². The molecule has 0 fully saturated rings. The zero-order valence-electron chi connectivity index (χ0n) is 11.6. The van der Waals surface area contributed by atoms with Crippen molar-refractivity contribution in [2.45, 2.75) is 25.9 Å². The summed E-state index contributed by atoms with van der Waals surface area (Å²) in [4.78, 5) is 1.42. The van der Waals surface area contributed by atoms with Crippen molar-refractivity contribution < 1.29 is 0 Å². The first-order valence-corrected chi connectivity index (χ1v) is 8.96. The Morgan fingerprint density at radius 3 is 2.68 bits per heavy atom. The molecule has 1 N–H and O–H groups in total. The molecule has 0 saturated carbocycles. The van der Waals surface area contributed by atoms with Gasteiger partial charge in [0.25, 0.3) is 0 Å². The van der Waals surface area contributed by atoms with E-state index in [1.54, 1.807) is 0 Å². The fourth-order valence-electron chi connectivity index (χ4n) is 2.02. The molecule has 1 aromatic heterocycles. The Kier molecular flexibility index (Phi) is 5.95. The molecule has 0 amide bonds. The highest BCUT2D eigenvalue weighted by molar-refractivity contribution is 7.98. The van der Waals surface area contributed by atoms with Crippen LogP contribution >= 0.6 is 23.1 Å². The summed E-state index contributed by atoms with van der Waals surface area (Å²) in [5.74, 6) is 1.19. The van der Waals surface area contributed by atoms with Gasteiger partial charge in [-0.1, -0.05) is 37.3 Å². The molecule has 3 heteroatoms. The Hall–Kier alpha value is -0.770. The molecule has 2 rings (SSSR count). The smallest absolute Gasteiger partial charge is 0.0302 e. The van der Waals surface area contributed by atoms with Crippen LogP contribution in [-0.2, 0) is 6.54 Å². The van der Waals surface area contributed by atoms with Gasteiger partial charge in [-0.3, -0.25) is 0 Å². The second-order valence-electron chi connectivity index (χ2n) is 4.61. The van der Waals surface area contributed by atoms with Gasteiger partial charge in [0.15, 0.2) is 0 Å². The van der Waals surface area contributed by atoms with Gasteiger partial charge in [-0.15, -0.1) is 11.3 Å². The average Bonchev–Trinajstić information content (AvgIpc) is 2.93. The molecule has 0 aliphatic heterocycles.